The molecule has 0 unspecified atom stereocenters. The lowest BCUT2D eigenvalue weighted by Gasteiger charge is -2.19. The van der Waals surface area contributed by atoms with Gasteiger partial charge >= 0.3 is 0 Å². The van der Waals surface area contributed by atoms with E-state index in [-0.39, 0.29) is 11.9 Å². The Morgan fingerprint density at radius 2 is 2.09 bits per heavy atom. The van der Waals surface area contributed by atoms with Crippen LogP contribution >= 0.6 is 0 Å². The van der Waals surface area contributed by atoms with Crippen molar-refractivity contribution in [3.05, 3.63) is 42.0 Å². The van der Waals surface area contributed by atoms with Crippen molar-refractivity contribution >= 4 is 21.6 Å². The number of nitrogens with one attached hydrogen (secondary N) is 2. The summed E-state index contributed by atoms with van der Waals surface area (Å²) in [4.78, 5) is 12.1. The van der Waals surface area contributed by atoms with E-state index in [0.717, 1.165) is 24.7 Å². The number of carbonyl (C=O) groups excluding carboxylic acids is 1. The molecule has 1 aromatic carbocycles. The van der Waals surface area contributed by atoms with Gasteiger partial charge in [0.2, 0.25) is 15.9 Å². The van der Waals surface area contributed by atoms with E-state index in [1.165, 1.54) is 0 Å². The number of para-hydroxylation sites is 1. The maximum atomic E-state index is 12.1. The third-order valence-electron chi connectivity index (χ3n) is 3.66. The number of anilines is 1. The number of carbonyl (C=O) groups is 1. The second kappa shape index (κ2) is 6.96. The lowest BCUT2D eigenvalue weighted by molar-refractivity contribution is -0.122. The van der Waals surface area contributed by atoms with Crippen molar-refractivity contribution in [3.8, 4) is 0 Å². The van der Waals surface area contributed by atoms with Gasteiger partial charge in [-0.1, -0.05) is 30.4 Å². The molecule has 5 nitrogen and oxygen atoms in total. The van der Waals surface area contributed by atoms with Gasteiger partial charge in [-0.05, 0) is 37.3 Å². The van der Waals surface area contributed by atoms with E-state index in [1.807, 2.05) is 19.1 Å². The lowest BCUT2D eigenvalue weighted by atomic mass is 10.0. The van der Waals surface area contributed by atoms with Crippen LogP contribution in [-0.2, 0) is 14.8 Å². The van der Waals surface area contributed by atoms with Gasteiger partial charge in [0.1, 0.15) is 0 Å². The van der Waals surface area contributed by atoms with Crippen LogP contribution in [0.4, 0.5) is 5.69 Å². The molecule has 6 heteroatoms. The smallest absolute Gasteiger partial charge is 0.229 e. The Kier molecular flexibility index (Phi) is 5.24. The Bertz CT molecular complexity index is 668. The van der Waals surface area contributed by atoms with E-state index < -0.39 is 10.0 Å². The van der Waals surface area contributed by atoms with Gasteiger partial charge in [0.05, 0.1) is 18.0 Å². The molecule has 22 heavy (non-hydrogen) atoms. The molecule has 120 valence electrons. The van der Waals surface area contributed by atoms with Crippen LogP contribution in [-0.4, -0.2) is 20.6 Å². The minimum absolute atomic E-state index is 0.0155. The molecule has 0 heterocycles. The third kappa shape index (κ3) is 4.87. The highest BCUT2D eigenvalue weighted by atomic mass is 32.2. The largest absolute Gasteiger partial charge is 0.349 e. The van der Waals surface area contributed by atoms with Crippen molar-refractivity contribution in [2.24, 2.45) is 5.92 Å². The van der Waals surface area contributed by atoms with Crippen LogP contribution in [0.25, 0.3) is 0 Å². The first kappa shape index (κ1) is 16.5. The van der Waals surface area contributed by atoms with Crippen molar-refractivity contribution < 1.29 is 13.2 Å². The molecule has 0 radical (unpaired) electrons. The summed E-state index contributed by atoms with van der Waals surface area (Å²) in [5.41, 5.74) is 1.25. The van der Waals surface area contributed by atoms with Crippen molar-refractivity contribution in [3.63, 3.8) is 0 Å². The second-order valence-corrected chi connectivity index (χ2v) is 7.47. The van der Waals surface area contributed by atoms with Gasteiger partial charge < -0.3 is 5.32 Å². The number of allylic oxidation sites excluding steroid dienone is 2. The predicted octanol–water partition coefficient (Wildman–Crippen LogP) is 2.59. The van der Waals surface area contributed by atoms with Crippen LogP contribution in [0.5, 0.6) is 0 Å². The summed E-state index contributed by atoms with van der Waals surface area (Å²) < 4.78 is 25.3. The zero-order valence-corrected chi connectivity index (χ0v) is 13.7. The molecule has 2 N–H and O–H groups in total. The van der Waals surface area contributed by atoms with E-state index >= 15 is 0 Å². The third-order valence-corrected chi connectivity index (χ3v) is 4.25. The number of hydrogen-bond acceptors (Lipinski definition) is 3. The van der Waals surface area contributed by atoms with Gasteiger partial charge in [-0.15, -0.1) is 0 Å². The average Bonchev–Trinajstić information content (AvgIpc) is 2.90. The summed E-state index contributed by atoms with van der Waals surface area (Å²) in [6, 6.07) is 6.83. The van der Waals surface area contributed by atoms with Crippen LogP contribution in [0.1, 0.15) is 37.8 Å². The fourth-order valence-electron chi connectivity index (χ4n) is 2.65. The fraction of sp³-hybridized carbons (Fsp3) is 0.438. The van der Waals surface area contributed by atoms with Crippen molar-refractivity contribution in [2.75, 3.05) is 11.0 Å². The summed E-state index contributed by atoms with van der Waals surface area (Å²) in [7, 11) is -3.35. The van der Waals surface area contributed by atoms with Crippen LogP contribution < -0.4 is 10.0 Å². The first-order valence-corrected chi connectivity index (χ1v) is 9.27. The van der Waals surface area contributed by atoms with Crippen molar-refractivity contribution in [1.29, 1.82) is 0 Å². The van der Waals surface area contributed by atoms with Gasteiger partial charge in [0, 0.05) is 6.42 Å². The van der Waals surface area contributed by atoms with Gasteiger partial charge in [-0.2, -0.15) is 0 Å². The standard InChI is InChI=1S/C16H22N2O3S/c1-12(17-16(19)11-13-7-3-4-8-13)14-9-5-6-10-15(14)18-22(2,20)21/h3,5-7,9-10,12-13,18H,4,8,11H2,1-2H3,(H,17,19)/t12-,13+/m0/s1. The molecule has 0 saturated carbocycles. The van der Waals surface area contributed by atoms with E-state index in [9.17, 15) is 13.2 Å². The zero-order valence-electron chi connectivity index (χ0n) is 12.9. The monoisotopic (exact) mass is 322 g/mol. The van der Waals surface area contributed by atoms with Crippen molar-refractivity contribution in [1.82, 2.24) is 5.32 Å². The first-order chi connectivity index (χ1) is 10.3. The van der Waals surface area contributed by atoms with Gasteiger partial charge in [0.15, 0.2) is 0 Å². The van der Waals surface area contributed by atoms with Gasteiger partial charge in [-0.25, -0.2) is 8.42 Å². The molecular formula is C16H22N2O3S. The Balaban J connectivity index is 2.04. The lowest BCUT2D eigenvalue weighted by Crippen LogP contribution is -2.28. The molecule has 0 aromatic heterocycles. The molecule has 1 aromatic rings. The highest BCUT2D eigenvalue weighted by Gasteiger charge is 2.18. The van der Waals surface area contributed by atoms with E-state index in [0.29, 0.717) is 18.0 Å². The summed E-state index contributed by atoms with van der Waals surface area (Å²) in [5, 5.41) is 2.94. The Morgan fingerprint density at radius 3 is 2.73 bits per heavy atom. The minimum Gasteiger partial charge on any atom is -0.349 e. The van der Waals surface area contributed by atoms with E-state index in [2.05, 4.69) is 22.2 Å². The molecule has 0 spiro atoms. The number of hydrogen-bond donors (Lipinski definition) is 2. The Hall–Kier alpha value is -1.82. The number of rotatable bonds is 6. The quantitative estimate of drug-likeness (QED) is 0.791. The molecule has 1 aliphatic rings. The summed E-state index contributed by atoms with van der Waals surface area (Å²) in [5.74, 6) is 0.301. The van der Waals surface area contributed by atoms with E-state index in [4.69, 9.17) is 0 Å². The Labute approximate surface area is 131 Å². The molecular weight excluding hydrogens is 300 g/mol. The summed E-state index contributed by atoms with van der Waals surface area (Å²) in [6.07, 6.45) is 7.83. The van der Waals surface area contributed by atoms with E-state index in [1.54, 1.807) is 12.1 Å². The highest BCUT2D eigenvalue weighted by molar-refractivity contribution is 7.92. The van der Waals surface area contributed by atoms with Gasteiger partial charge in [0.25, 0.3) is 0 Å². The highest BCUT2D eigenvalue weighted by Crippen LogP contribution is 2.24. The van der Waals surface area contributed by atoms with Crippen LogP contribution in [0, 0.1) is 5.92 Å². The van der Waals surface area contributed by atoms with Gasteiger partial charge in [-0.3, -0.25) is 9.52 Å². The average molecular weight is 322 g/mol. The minimum atomic E-state index is -3.35. The first-order valence-electron chi connectivity index (χ1n) is 7.38. The second-order valence-electron chi connectivity index (χ2n) is 5.72. The normalized spacial score (nSPS) is 18.9. The number of amides is 1. The molecule has 0 aliphatic heterocycles. The van der Waals surface area contributed by atoms with Crippen LogP contribution in [0.2, 0.25) is 0 Å². The molecule has 1 amide bonds. The topological polar surface area (TPSA) is 75.3 Å². The predicted molar refractivity (Wildman–Crippen MR) is 87.9 cm³/mol. The molecule has 0 saturated heterocycles. The van der Waals surface area contributed by atoms with Crippen LogP contribution in [0.3, 0.4) is 0 Å². The fourth-order valence-corrected chi connectivity index (χ4v) is 3.23. The molecule has 2 rings (SSSR count). The molecule has 0 bridgehead atoms. The SMILES string of the molecule is C[C@H](NC(=O)C[C@@H]1C=CCC1)c1ccccc1NS(C)(=O)=O. The zero-order chi connectivity index (χ0) is 16.2. The molecule has 1 aliphatic carbocycles. The number of sulfonamides is 1. The molecule has 0 fully saturated rings. The summed E-state index contributed by atoms with van der Waals surface area (Å²) >= 11 is 0. The summed E-state index contributed by atoms with van der Waals surface area (Å²) in [6.45, 7) is 1.85. The Morgan fingerprint density at radius 1 is 1.36 bits per heavy atom. The maximum absolute atomic E-state index is 12.1. The number of benzene rings is 1. The maximum Gasteiger partial charge on any atom is 0.229 e. The van der Waals surface area contributed by atoms with Crippen LogP contribution in [0.15, 0.2) is 36.4 Å². The molecule has 2 atom stereocenters. The van der Waals surface area contributed by atoms with Crippen molar-refractivity contribution in [2.45, 2.75) is 32.2 Å².